The molecule has 0 radical (unpaired) electrons. The monoisotopic (exact) mass is 296 g/mol. The molecule has 0 heterocycles. The van der Waals surface area contributed by atoms with Crippen LogP contribution in [0.1, 0.15) is 47.1 Å². The average Bonchev–Trinajstić information content (AvgIpc) is 2.33. The smallest absolute Gasteiger partial charge is 0.200 e. The van der Waals surface area contributed by atoms with Crippen molar-refractivity contribution < 1.29 is 8.82 Å². The molecule has 1 nitrogen and oxygen atoms in total. The molecule has 0 saturated carbocycles. The summed E-state index contributed by atoms with van der Waals surface area (Å²) in [6.45, 7) is 14.4. The van der Waals surface area contributed by atoms with Gasteiger partial charge >= 0.3 is 0 Å². The second kappa shape index (κ2) is 7.37. The van der Waals surface area contributed by atoms with Gasteiger partial charge in [-0.1, -0.05) is 53.7 Å². The lowest BCUT2D eigenvalue weighted by molar-refractivity contribution is 0.281. The molecule has 0 aliphatic rings. The summed E-state index contributed by atoms with van der Waals surface area (Å²) in [4.78, 5) is 0. The molecule has 0 aliphatic carbocycles. The molecule has 0 amide bonds. The van der Waals surface area contributed by atoms with Gasteiger partial charge in [0.15, 0.2) is 8.32 Å². The first-order chi connectivity index (χ1) is 9.30. The molecule has 0 atom stereocenters. The maximum absolute atomic E-state index is 13.2. The number of hydrogen-bond acceptors (Lipinski definition) is 1. The van der Waals surface area contributed by atoms with Gasteiger partial charge in [-0.2, -0.15) is 0 Å². The zero-order valence-corrected chi connectivity index (χ0v) is 14.7. The van der Waals surface area contributed by atoms with Gasteiger partial charge < -0.3 is 4.43 Å². The van der Waals surface area contributed by atoms with Gasteiger partial charge in [0.25, 0.3) is 0 Å². The molecule has 1 rings (SSSR count). The standard InChI is InChI=1S/C17H29FOSi/c1-13(2)20(14(3)4,15(5)6)19-11-10-16-8-7-9-17(18)12-16/h7-9,12-15H,10-11H2,1-6H3. The predicted molar refractivity (Wildman–Crippen MR) is 87.1 cm³/mol. The highest BCUT2D eigenvalue weighted by molar-refractivity contribution is 6.77. The average molecular weight is 297 g/mol. The second-order valence-corrected chi connectivity index (χ2v) is 12.0. The molecule has 1 aromatic rings. The third-order valence-corrected chi connectivity index (χ3v) is 10.5. The van der Waals surface area contributed by atoms with Crippen LogP contribution in [0.3, 0.4) is 0 Å². The maximum Gasteiger partial charge on any atom is 0.200 e. The first-order valence-corrected chi connectivity index (χ1v) is 9.83. The van der Waals surface area contributed by atoms with E-state index in [-0.39, 0.29) is 5.82 Å². The van der Waals surface area contributed by atoms with Gasteiger partial charge in [-0.15, -0.1) is 0 Å². The zero-order chi connectivity index (χ0) is 15.3. The van der Waals surface area contributed by atoms with Crippen molar-refractivity contribution in [3.05, 3.63) is 35.6 Å². The minimum atomic E-state index is -1.79. The summed E-state index contributed by atoms with van der Waals surface area (Å²) in [5.74, 6) is -0.164. The molecule has 0 aromatic heterocycles. The highest BCUT2D eigenvalue weighted by Crippen LogP contribution is 2.42. The Morgan fingerprint density at radius 1 is 1.00 bits per heavy atom. The quantitative estimate of drug-likeness (QED) is 0.598. The first-order valence-electron chi connectivity index (χ1n) is 7.69. The predicted octanol–water partition coefficient (Wildman–Crippen LogP) is 5.56. The topological polar surface area (TPSA) is 9.23 Å². The van der Waals surface area contributed by atoms with Crippen molar-refractivity contribution >= 4 is 8.32 Å². The Kier molecular flexibility index (Phi) is 6.40. The summed E-state index contributed by atoms with van der Waals surface area (Å²) in [6.07, 6.45) is 0.790. The summed E-state index contributed by atoms with van der Waals surface area (Å²) in [6, 6.07) is 6.82. The fourth-order valence-corrected chi connectivity index (χ4v) is 8.99. The third-order valence-electron chi connectivity index (χ3n) is 4.34. The molecule has 0 saturated heterocycles. The van der Waals surface area contributed by atoms with Gasteiger partial charge in [0.05, 0.1) is 0 Å². The first kappa shape index (κ1) is 17.4. The molecule has 0 bridgehead atoms. The summed E-state index contributed by atoms with van der Waals surface area (Å²) in [7, 11) is -1.79. The molecule has 20 heavy (non-hydrogen) atoms. The van der Waals surface area contributed by atoms with Crippen LogP contribution in [0.15, 0.2) is 24.3 Å². The Morgan fingerprint density at radius 2 is 1.55 bits per heavy atom. The lowest BCUT2D eigenvalue weighted by atomic mass is 10.2. The van der Waals surface area contributed by atoms with Crippen LogP contribution in [-0.2, 0) is 10.8 Å². The molecular formula is C17H29FOSi. The van der Waals surface area contributed by atoms with Crippen LogP contribution in [0, 0.1) is 5.82 Å². The van der Waals surface area contributed by atoms with Crippen LogP contribution < -0.4 is 0 Å². The molecule has 0 spiro atoms. The van der Waals surface area contributed by atoms with Crippen LogP contribution in [-0.4, -0.2) is 14.9 Å². The highest BCUT2D eigenvalue weighted by atomic mass is 28.4. The van der Waals surface area contributed by atoms with E-state index >= 15 is 0 Å². The SMILES string of the molecule is CC(C)[Si](OCCc1cccc(F)c1)(C(C)C)C(C)C. The lowest BCUT2D eigenvalue weighted by Crippen LogP contribution is -2.48. The van der Waals surface area contributed by atoms with Crippen molar-refractivity contribution in [2.45, 2.75) is 64.6 Å². The Bertz CT molecular complexity index is 393. The van der Waals surface area contributed by atoms with Gasteiger partial charge in [0, 0.05) is 6.61 Å². The molecule has 0 fully saturated rings. The van der Waals surface area contributed by atoms with E-state index in [0.29, 0.717) is 23.2 Å². The van der Waals surface area contributed by atoms with E-state index in [4.69, 9.17) is 4.43 Å². The molecular weight excluding hydrogens is 267 g/mol. The van der Waals surface area contributed by atoms with Crippen molar-refractivity contribution in [1.82, 2.24) is 0 Å². The number of halogens is 1. The Labute approximate surface area is 124 Å². The molecule has 3 heteroatoms. The fourth-order valence-electron chi connectivity index (χ4n) is 3.54. The van der Waals surface area contributed by atoms with E-state index < -0.39 is 8.32 Å². The van der Waals surface area contributed by atoms with Gasteiger partial charge in [0.2, 0.25) is 0 Å². The third kappa shape index (κ3) is 3.92. The number of benzene rings is 1. The molecule has 114 valence electrons. The van der Waals surface area contributed by atoms with Gasteiger partial charge in [-0.25, -0.2) is 4.39 Å². The second-order valence-electron chi connectivity index (χ2n) is 6.55. The minimum absolute atomic E-state index is 0.164. The van der Waals surface area contributed by atoms with Crippen molar-refractivity contribution in [2.24, 2.45) is 0 Å². The summed E-state index contributed by atoms with van der Waals surface area (Å²) < 4.78 is 19.7. The number of rotatable bonds is 7. The van der Waals surface area contributed by atoms with E-state index in [1.807, 2.05) is 6.07 Å². The van der Waals surface area contributed by atoms with Crippen LogP contribution in [0.5, 0.6) is 0 Å². The van der Waals surface area contributed by atoms with Crippen molar-refractivity contribution in [2.75, 3.05) is 6.61 Å². The van der Waals surface area contributed by atoms with Crippen molar-refractivity contribution in [3.63, 3.8) is 0 Å². The summed E-state index contributed by atoms with van der Waals surface area (Å²) >= 11 is 0. The summed E-state index contributed by atoms with van der Waals surface area (Å²) in [5, 5.41) is 0. The number of hydrogen-bond donors (Lipinski definition) is 0. The Balaban J connectivity index is 2.72. The molecule has 0 unspecified atom stereocenters. The van der Waals surface area contributed by atoms with Crippen LogP contribution in [0.25, 0.3) is 0 Å². The van der Waals surface area contributed by atoms with Crippen LogP contribution in [0.2, 0.25) is 16.6 Å². The van der Waals surface area contributed by atoms with Crippen LogP contribution >= 0.6 is 0 Å². The Hall–Kier alpha value is -0.673. The van der Waals surface area contributed by atoms with Crippen molar-refractivity contribution in [1.29, 1.82) is 0 Å². The maximum atomic E-state index is 13.2. The van der Waals surface area contributed by atoms with E-state index in [1.165, 1.54) is 6.07 Å². The van der Waals surface area contributed by atoms with E-state index in [2.05, 4.69) is 41.5 Å². The molecule has 1 aromatic carbocycles. The van der Waals surface area contributed by atoms with E-state index in [9.17, 15) is 4.39 Å². The zero-order valence-electron chi connectivity index (χ0n) is 13.7. The minimum Gasteiger partial charge on any atom is -0.416 e. The largest absolute Gasteiger partial charge is 0.416 e. The van der Waals surface area contributed by atoms with Gasteiger partial charge in [-0.3, -0.25) is 0 Å². The highest BCUT2D eigenvalue weighted by Gasteiger charge is 2.44. The molecule has 0 N–H and O–H groups in total. The van der Waals surface area contributed by atoms with Gasteiger partial charge in [-0.05, 0) is 40.7 Å². The van der Waals surface area contributed by atoms with Crippen molar-refractivity contribution in [3.8, 4) is 0 Å². The van der Waals surface area contributed by atoms with Gasteiger partial charge in [0.1, 0.15) is 5.82 Å². The Morgan fingerprint density at radius 3 is 2.00 bits per heavy atom. The fraction of sp³-hybridized carbons (Fsp3) is 0.647. The van der Waals surface area contributed by atoms with E-state index in [0.717, 1.165) is 12.0 Å². The normalized spacial score (nSPS) is 12.7. The molecule has 0 aliphatic heterocycles. The lowest BCUT2D eigenvalue weighted by Gasteiger charge is -2.42. The summed E-state index contributed by atoms with van der Waals surface area (Å²) in [5.41, 5.74) is 2.80. The van der Waals surface area contributed by atoms with Crippen LogP contribution in [0.4, 0.5) is 4.39 Å². The van der Waals surface area contributed by atoms with E-state index in [1.54, 1.807) is 12.1 Å².